The highest BCUT2D eigenvalue weighted by Crippen LogP contribution is 2.25. The van der Waals surface area contributed by atoms with E-state index in [4.69, 9.17) is 19.3 Å². The maximum atomic E-state index is 12.4. The number of nitrogens with two attached hydrogens (primary N) is 1. The van der Waals surface area contributed by atoms with Crippen LogP contribution in [0.4, 0.5) is 0 Å². The van der Waals surface area contributed by atoms with Crippen molar-refractivity contribution < 1.29 is 27.4 Å². The van der Waals surface area contributed by atoms with Gasteiger partial charge < -0.3 is 18.8 Å². The molecule has 176 valence electrons. The van der Waals surface area contributed by atoms with E-state index < -0.39 is 16.0 Å². The molecule has 0 atom stereocenters. The number of primary sulfonamides is 1. The summed E-state index contributed by atoms with van der Waals surface area (Å²) in [6, 6.07) is 9.79. The SMILES string of the molecule is CCCCn1c(COC(=O)/C=C/c2cc(OC)ccc2OC)nc2cc(S(N)(=O)=O)ccc21. The Morgan fingerprint density at radius 1 is 1.15 bits per heavy atom. The Bertz CT molecular complexity index is 1280. The summed E-state index contributed by atoms with van der Waals surface area (Å²) < 4.78 is 41.2. The van der Waals surface area contributed by atoms with Crippen LogP contribution < -0.4 is 14.6 Å². The van der Waals surface area contributed by atoms with Gasteiger partial charge in [-0.15, -0.1) is 0 Å². The van der Waals surface area contributed by atoms with Gasteiger partial charge in [0.05, 0.1) is 30.1 Å². The van der Waals surface area contributed by atoms with E-state index in [1.807, 2.05) is 4.57 Å². The van der Waals surface area contributed by atoms with Gasteiger partial charge in [-0.3, -0.25) is 0 Å². The Hall–Kier alpha value is -3.37. The molecule has 0 amide bonds. The Morgan fingerprint density at radius 3 is 2.61 bits per heavy atom. The van der Waals surface area contributed by atoms with Crippen LogP contribution in [0, 0.1) is 0 Å². The molecule has 9 nitrogen and oxygen atoms in total. The first-order chi connectivity index (χ1) is 15.8. The van der Waals surface area contributed by atoms with Crippen LogP contribution in [0.2, 0.25) is 0 Å². The van der Waals surface area contributed by atoms with Crippen molar-refractivity contribution in [2.45, 2.75) is 37.8 Å². The molecule has 0 radical (unpaired) electrons. The predicted molar refractivity (Wildman–Crippen MR) is 124 cm³/mol. The normalized spacial score (nSPS) is 11.8. The Labute approximate surface area is 192 Å². The summed E-state index contributed by atoms with van der Waals surface area (Å²) in [5.74, 6) is 1.18. The molecular formula is C23H27N3O6S. The van der Waals surface area contributed by atoms with Gasteiger partial charge in [-0.05, 0) is 48.9 Å². The van der Waals surface area contributed by atoms with E-state index in [-0.39, 0.29) is 11.5 Å². The molecule has 0 spiro atoms. The number of carbonyl (C=O) groups is 1. The molecule has 2 N–H and O–H groups in total. The average Bonchev–Trinajstić information content (AvgIpc) is 3.15. The van der Waals surface area contributed by atoms with Crippen molar-refractivity contribution in [3.05, 3.63) is 53.9 Å². The van der Waals surface area contributed by atoms with Gasteiger partial charge in [0.1, 0.15) is 23.9 Å². The molecule has 0 fully saturated rings. The lowest BCUT2D eigenvalue weighted by Gasteiger charge is -2.09. The first-order valence-corrected chi connectivity index (χ1v) is 11.9. The highest BCUT2D eigenvalue weighted by Gasteiger charge is 2.16. The summed E-state index contributed by atoms with van der Waals surface area (Å²) >= 11 is 0. The number of benzene rings is 2. The third-order valence-corrected chi connectivity index (χ3v) is 5.95. The van der Waals surface area contributed by atoms with Crippen LogP contribution in [0.5, 0.6) is 11.5 Å². The zero-order chi connectivity index (χ0) is 24.0. The zero-order valence-electron chi connectivity index (χ0n) is 18.8. The fourth-order valence-corrected chi connectivity index (χ4v) is 3.86. The minimum atomic E-state index is -3.85. The molecule has 1 heterocycles. The summed E-state index contributed by atoms with van der Waals surface area (Å²) in [5.41, 5.74) is 1.89. The lowest BCUT2D eigenvalue weighted by molar-refractivity contribution is -0.139. The molecule has 0 saturated heterocycles. The third-order valence-electron chi connectivity index (χ3n) is 5.04. The standard InChI is InChI=1S/C23H27N3O6S/c1-4-5-12-26-20-9-8-18(33(24,28)29)14-19(20)25-22(26)15-32-23(27)11-6-16-13-17(30-2)7-10-21(16)31-3/h6-11,13-14H,4-5,12,15H2,1-3H3,(H2,24,28,29)/b11-6+. The van der Waals surface area contributed by atoms with E-state index in [2.05, 4.69) is 11.9 Å². The summed E-state index contributed by atoms with van der Waals surface area (Å²) in [6.45, 7) is 2.66. The van der Waals surface area contributed by atoms with Gasteiger partial charge in [0.25, 0.3) is 0 Å². The molecular weight excluding hydrogens is 446 g/mol. The first-order valence-electron chi connectivity index (χ1n) is 10.4. The van der Waals surface area contributed by atoms with E-state index in [1.165, 1.54) is 18.2 Å². The van der Waals surface area contributed by atoms with Crippen LogP contribution in [0.15, 0.2) is 47.4 Å². The number of hydrogen-bond donors (Lipinski definition) is 1. The topological polar surface area (TPSA) is 123 Å². The number of fused-ring (bicyclic) bond motifs is 1. The van der Waals surface area contributed by atoms with Gasteiger partial charge in [-0.2, -0.15) is 0 Å². The van der Waals surface area contributed by atoms with Gasteiger partial charge >= 0.3 is 5.97 Å². The third kappa shape index (κ3) is 5.91. The minimum absolute atomic E-state index is 0.0196. The second-order valence-electron chi connectivity index (χ2n) is 7.28. The van der Waals surface area contributed by atoms with Crippen molar-refractivity contribution in [2.24, 2.45) is 5.14 Å². The summed E-state index contributed by atoms with van der Waals surface area (Å²) in [4.78, 5) is 16.8. The molecule has 10 heteroatoms. The number of aryl methyl sites for hydroxylation is 1. The van der Waals surface area contributed by atoms with Gasteiger partial charge in [-0.1, -0.05) is 13.3 Å². The van der Waals surface area contributed by atoms with E-state index in [9.17, 15) is 13.2 Å². The quantitative estimate of drug-likeness (QED) is 0.354. The van der Waals surface area contributed by atoms with Crippen LogP contribution >= 0.6 is 0 Å². The van der Waals surface area contributed by atoms with E-state index in [1.54, 1.807) is 44.6 Å². The van der Waals surface area contributed by atoms with Crippen molar-refractivity contribution >= 4 is 33.1 Å². The van der Waals surface area contributed by atoms with Gasteiger partial charge in [-0.25, -0.2) is 23.3 Å². The highest BCUT2D eigenvalue weighted by molar-refractivity contribution is 7.89. The van der Waals surface area contributed by atoms with Crippen LogP contribution in [-0.2, 0) is 32.7 Å². The fraction of sp³-hybridized carbons (Fsp3) is 0.304. The highest BCUT2D eigenvalue weighted by atomic mass is 32.2. The number of rotatable bonds is 10. The van der Waals surface area contributed by atoms with E-state index >= 15 is 0 Å². The second-order valence-corrected chi connectivity index (χ2v) is 8.84. The molecule has 0 saturated carbocycles. The molecule has 0 unspecified atom stereocenters. The van der Waals surface area contributed by atoms with Gasteiger partial charge in [0.15, 0.2) is 0 Å². The van der Waals surface area contributed by atoms with E-state index in [0.29, 0.717) is 34.9 Å². The smallest absolute Gasteiger partial charge is 0.331 e. The van der Waals surface area contributed by atoms with Crippen molar-refractivity contribution in [2.75, 3.05) is 14.2 Å². The monoisotopic (exact) mass is 473 g/mol. The number of ether oxygens (including phenoxy) is 3. The van der Waals surface area contributed by atoms with Crippen LogP contribution in [0.3, 0.4) is 0 Å². The molecule has 0 bridgehead atoms. The Kier molecular flexibility index (Phi) is 7.72. The number of carbonyl (C=O) groups excluding carboxylic acids is 1. The number of methoxy groups -OCH3 is 2. The molecule has 2 aromatic carbocycles. The number of esters is 1. The maximum absolute atomic E-state index is 12.4. The van der Waals surface area contributed by atoms with E-state index in [0.717, 1.165) is 18.4 Å². The maximum Gasteiger partial charge on any atom is 0.331 e. The number of sulfonamides is 1. The molecule has 1 aromatic heterocycles. The minimum Gasteiger partial charge on any atom is -0.497 e. The lowest BCUT2D eigenvalue weighted by atomic mass is 10.1. The number of imidazole rings is 1. The lowest BCUT2D eigenvalue weighted by Crippen LogP contribution is -2.11. The largest absolute Gasteiger partial charge is 0.497 e. The average molecular weight is 474 g/mol. The molecule has 0 aliphatic carbocycles. The number of hydrogen-bond acceptors (Lipinski definition) is 7. The molecule has 0 aliphatic rings. The second kappa shape index (κ2) is 10.5. The Morgan fingerprint density at radius 2 is 1.94 bits per heavy atom. The molecule has 3 aromatic rings. The van der Waals surface area contributed by atoms with Crippen LogP contribution in [0.1, 0.15) is 31.2 Å². The zero-order valence-corrected chi connectivity index (χ0v) is 19.6. The van der Waals surface area contributed by atoms with Crippen molar-refractivity contribution in [3.63, 3.8) is 0 Å². The number of aromatic nitrogens is 2. The summed E-state index contributed by atoms with van der Waals surface area (Å²) in [6.07, 6.45) is 4.73. The van der Waals surface area contributed by atoms with Gasteiger partial charge in [0, 0.05) is 18.2 Å². The van der Waals surface area contributed by atoms with Crippen molar-refractivity contribution in [3.8, 4) is 11.5 Å². The summed E-state index contributed by atoms with van der Waals surface area (Å²) in [5, 5.41) is 5.24. The van der Waals surface area contributed by atoms with Gasteiger partial charge in [0.2, 0.25) is 10.0 Å². The molecule has 0 aliphatic heterocycles. The fourth-order valence-electron chi connectivity index (χ4n) is 3.32. The first kappa shape index (κ1) is 24.3. The molecule has 33 heavy (non-hydrogen) atoms. The molecule has 3 rings (SSSR count). The van der Waals surface area contributed by atoms with Crippen LogP contribution in [-0.4, -0.2) is 38.2 Å². The number of nitrogens with zero attached hydrogens (tertiary/aromatic N) is 2. The van der Waals surface area contributed by atoms with Crippen molar-refractivity contribution in [1.82, 2.24) is 9.55 Å². The van der Waals surface area contributed by atoms with Crippen LogP contribution in [0.25, 0.3) is 17.1 Å². The summed E-state index contributed by atoms with van der Waals surface area (Å²) in [7, 11) is -0.751. The predicted octanol–water partition coefficient (Wildman–Crippen LogP) is 3.26. The van der Waals surface area contributed by atoms with Crippen molar-refractivity contribution in [1.29, 1.82) is 0 Å². The number of unbranched alkanes of at least 4 members (excludes halogenated alkanes) is 1. The Balaban J connectivity index is 1.81.